The van der Waals surface area contributed by atoms with Gasteiger partial charge >= 0.3 is 6.61 Å². The van der Waals surface area contributed by atoms with Crippen molar-refractivity contribution in [3.8, 4) is 17.0 Å². The molecule has 2 bridgehead atoms. The number of aromatic nitrogens is 5. The fraction of sp³-hybridized carbons (Fsp3) is 0.320. The molecule has 1 saturated heterocycles. The number of nitrogens with zero attached hydrogens (tertiary/aromatic N) is 6. The van der Waals surface area contributed by atoms with E-state index >= 15 is 0 Å². The van der Waals surface area contributed by atoms with Gasteiger partial charge in [0.2, 0.25) is 0 Å². The predicted molar refractivity (Wildman–Crippen MR) is 123 cm³/mol. The zero-order valence-corrected chi connectivity index (χ0v) is 19.5. The number of hydrogen-bond acceptors (Lipinski definition) is 8. The monoisotopic (exact) mass is 506 g/mol. The van der Waals surface area contributed by atoms with Crippen LogP contribution in [0.5, 0.6) is 5.75 Å². The second-order valence-electron chi connectivity index (χ2n) is 9.54. The summed E-state index contributed by atoms with van der Waals surface area (Å²) in [7, 11) is 1.70. The van der Waals surface area contributed by atoms with Crippen LogP contribution in [0.4, 0.5) is 8.78 Å². The number of rotatable bonds is 4. The number of amides is 1. The molecule has 1 N–H and O–H groups in total. The zero-order valence-electron chi connectivity index (χ0n) is 19.5. The van der Waals surface area contributed by atoms with Crippen molar-refractivity contribution in [2.45, 2.75) is 30.6 Å². The largest absolute Gasteiger partial charge is 0.434 e. The van der Waals surface area contributed by atoms with E-state index in [-0.39, 0.29) is 42.7 Å². The molecule has 3 aliphatic rings. The van der Waals surface area contributed by atoms with E-state index in [9.17, 15) is 18.7 Å². The van der Waals surface area contributed by atoms with Crippen LogP contribution in [0.2, 0.25) is 0 Å². The van der Waals surface area contributed by atoms with Gasteiger partial charge in [0.15, 0.2) is 11.4 Å². The van der Waals surface area contributed by atoms with E-state index in [4.69, 9.17) is 14.6 Å². The highest BCUT2D eigenvalue weighted by Gasteiger charge is 2.46. The Kier molecular flexibility index (Phi) is 4.64. The van der Waals surface area contributed by atoms with Crippen molar-refractivity contribution >= 4 is 11.4 Å². The van der Waals surface area contributed by atoms with Gasteiger partial charge in [-0.1, -0.05) is 6.07 Å². The van der Waals surface area contributed by atoms with Gasteiger partial charge in [0, 0.05) is 47.6 Å². The molecule has 10 nitrogen and oxygen atoms in total. The molecule has 1 aromatic carbocycles. The highest BCUT2D eigenvalue weighted by molar-refractivity contribution is 5.98. The van der Waals surface area contributed by atoms with Gasteiger partial charge in [0.1, 0.15) is 12.1 Å². The highest BCUT2D eigenvalue weighted by Crippen LogP contribution is 2.53. The van der Waals surface area contributed by atoms with Gasteiger partial charge in [-0.15, -0.1) is 0 Å². The molecule has 7 rings (SSSR count). The minimum absolute atomic E-state index is 0.0109. The lowest BCUT2D eigenvalue weighted by Crippen LogP contribution is -2.47. The second-order valence-corrected chi connectivity index (χ2v) is 9.54. The van der Waals surface area contributed by atoms with Gasteiger partial charge in [-0.05, 0) is 24.6 Å². The summed E-state index contributed by atoms with van der Waals surface area (Å²) in [6.45, 7) is -2.72. The minimum Gasteiger partial charge on any atom is -0.434 e. The first kappa shape index (κ1) is 22.2. The lowest BCUT2D eigenvalue weighted by molar-refractivity contribution is -0.189. The van der Waals surface area contributed by atoms with Crippen LogP contribution in [-0.2, 0) is 10.3 Å². The van der Waals surface area contributed by atoms with Crippen LogP contribution in [-0.4, -0.2) is 67.4 Å². The van der Waals surface area contributed by atoms with Crippen LogP contribution in [0.25, 0.3) is 16.8 Å². The summed E-state index contributed by atoms with van der Waals surface area (Å²) in [6, 6.07) is 6.19. The van der Waals surface area contributed by atoms with Crippen LogP contribution >= 0.6 is 0 Å². The number of fused-ring (bicyclic) bond motifs is 9. The molecule has 188 valence electrons. The van der Waals surface area contributed by atoms with Crippen molar-refractivity contribution in [3.63, 3.8) is 0 Å². The van der Waals surface area contributed by atoms with E-state index in [1.54, 1.807) is 47.3 Å². The Labute approximate surface area is 208 Å². The van der Waals surface area contributed by atoms with Crippen molar-refractivity contribution in [1.29, 1.82) is 0 Å². The van der Waals surface area contributed by atoms with Gasteiger partial charge in [-0.2, -0.15) is 13.9 Å². The van der Waals surface area contributed by atoms with Crippen LogP contribution < -0.4 is 4.74 Å². The molecule has 1 aliphatic carbocycles. The van der Waals surface area contributed by atoms with Crippen molar-refractivity contribution in [2.24, 2.45) is 0 Å². The Bertz CT molecular complexity index is 1570. The molecule has 37 heavy (non-hydrogen) atoms. The number of ether oxygens (including phenoxy) is 2. The average molecular weight is 506 g/mol. The van der Waals surface area contributed by atoms with E-state index in [1.807, 2.05) is 6.07 Å². The van der Waals surface area contributed by atoms with Gasteiger partial charge in [-0.25, -0.2) is 19.5 Å². The van der Waals surface area contributed by atoms with Crippen LogP contribution in [0.15, 0.2) is 43.0 Å². The maximum absolute atomic E-state index is 13.3. The molecule has 2 unspecified atom stereocenters. The Morgan fingerprint density at radius 3 is 2.68 bits per heavy atom. The molecule has 0 saturated carbocycles. The maximum atomic E-state index is 13.3. The van der Waals surface area contributed by atoms with E-state index in [0.717, 1.165) is 11.1 Å². The lowest BCUT2D eigenvalue weighted by atomic mass is 9.88. The molecular formula is C25H20F2N6O4. The molecule has 1 amide bonds. The van der Waals surface area contributed by atoms with Crippen LogP contribution in [0.1, 0.15) is 51.4 Å². The van der Waals surface area contributed by atoms with Crippen molar-refractivity contribution in [2.75, 3.05) is 20.3 Å². The first-order chi connectivity index (χ1) is 17.8. The van der Waals surface area contributed by atoms with Gasteiger partial charge in [0.05, 0.1) is 36.2 Å². The maximum Gasteiger partial charge on any atom is 0.387 e. The molecule has 4 aromatic rings. The number of alkyl halides is 2. The molecule has 12 heteroatoms. The number of aliphatic hydroxyl groups is 1. The van der Waals surface area contributed by atoms with Crippen molar-refractivity contribution < 1.29 is 28.2 Å². The van der Waals surface area contributed by atoms with Gasteiger partial charge < -0.3 is 19.5 Å². The number of carbonyl (C=O) groups excluding carboxylic acids is 1. The van der Waals surface area contributed by atoms with Crippen molar-refractivity contribution in [3.05, 3.63) is 71.2 Å². The fourth-order valence-electron chi connectivity index (χ4n) is 5.56. The number of halogens is 2. The van der Waals surface area contributed by atoms with Gasteiger partial charge in [-0.3, -0.25) is 4.79 Å². The Balaban J connectivity index is 1.37. The molecular weight excluding hydrogens is 486 g/mol. The summed E-state index contributed by atoms with van der Waals surface area (Å²) in [5.41, 5.74) is 3.12. The summed E-state index contributed by atoms with van der Waals surface area (Å²) >= 11 is 0. The third-order valence-electron chi connectivity index (χ3n) is 7.41. The molecule has 3 aromatic heterocycles. The van der Waals surface area contributed by atoms with Crippen LogP contribution in [0.3, 0.4) is 0 Å². The topological polar surface area (TPSA) is 115 Å². The fourth-order valence-corrected chi connectivity index (χ4v) is 5.56. The Morgan fingerprint density at radius 1 is 1.19 bits per heavy atom. The van der Waals surface area contributed by atoms with E-state index < -0.39 is 12.2 Å². The predicted octanol–water partition coefficient (Wildman–Crippen LogP) is 2.67. The number of benzene rings is 1. The molecule has 5 heterocycles. The normalized spacial score (nSPS) is 21.5. The third-order valence-corrected chi connectivity index (χ3v) is 7.41. The summed E-state index contributed by atoms with van der Waals surface area (Å²) in [6.07, 6.45) is 5.26. The minimum atomic E-state index is -3.02. The summed E-state index contributed by atoms with van der Waals surface area (Å²) in [5.74, 6) is -0.365. The Morgan fingerprint density at radius 2 is 1.97 bits per heavy atom. The Hall–Kier alpha value is -4.03. The van der Waals surface area contributed by atoms with Crippen molar-refractivity contribution in [1.82, 2.24) is 29.5 Å². The standard InChI is InChI=1S/C25H20F2N6O4/c1-32-17-5-14(19-13(22(32)34)3-2-4-18(19)37-24(26)27)20-16-6-15(30-11-33(16)31-21(17)20)12-7-28-23(29-8-12)25(35)9-36-10-25/h2-4,6-8,11,14,17,24,35H,5,9-10H2,1H3. The van der Waals surface area contributed by atoms with E-state index in [1.165, 1.54) is 6.07 Å². The smallest absolute Gasteiger partial charge is 0.387 e. The quantitative estimate of drug-likeness (QED) is 0.449. The summed E-state index contributed by atoms with van der Waals surface area (Å²) < 4.78 is 38.1. The molecule has 1 fully saturated rings. The third kappa shape index (κ3) is 3.18. The summed E-state index contributed by atoms with van der Waals surface area (Å²) in [5, 5.41) is 15.1. The van der Waals surface area contributed by atoms with Gasteiger partial charge in [0.25, 0.3) is 5.91 Å². The molecule has 0 radical (unpaired) electrons. The molecule has 2 aliphatic heterocycles. The van der Waals surface area contributed by atoms with Crippen LogP contribution in [0, 0.1) is 0 Å². The first-order valence-corrected chi connectivity index (χ1v) is 11.7. The lowest BCUT2D eigenvalue weighted by Gasteiger charge is -2.34. The summed E-state index contributed by atoms with van der Waals surface area (Å²) in [4.78, 5) is 28.0. The zero-order chi connectivity index (χ0) is 25.5. The average Bonchev–Trinajstić information content (AvgIpc) is 3.40. The SMILES string of the molecule is CN1C(=O)c2cccc(OC(F)F)c2C2CC1c1nn3cnc(-c4cnc(C5(O)COC5)nc4)cc3c12. The van der Waals surface area contributed by atoms with E-state index in [2.05, 4.69) is 15.0 Å². The molecule has 0 spiro atoms. The second kappa shape index (κ2) is 7.73. The number of carbonyl (C=O) groups is 1. The number of hydrogen-bond donors (Lipinski definition) is 1. The highest BCUT2D eigenvalue weighted by atomic mass is 19.3. The van der Waals surface area contributed by atoms with E-state index in [0.29, 0.717) is 34.5 Å². The molecule has 2 atom stereocenters. The first-order valence-electron chi connectivity index (χ1n) is 11.7.